The van der Waals surface area contributed by atoms with Gasteiger partial charge >= 0.3 is 5.97 Å². The van der Waals surface area contributed by atoms with Gasteiger partial charge in [0.25, 0.3) is 0 Å². The Balaban J connectivity index is 1.82. The molecule has 2 rings (SSSR count). The molecular formula is C11H16N2O3S. The molecule has 0 aliphatic carbocycles. The number of aryl methyl sites for hydroxylation is 1. The van der Waals surface area contributed by atoms with Crippen LogP contribution in [0, 0.1) is 6.92 Å². The number of aromatic nitrogens is 1. The summed E-state index contributed by atoms with van der Waals surface area (Å²) >= 11 is 1.24. The first-order chi connectivity index (χ1) is 8.16. The minimum absolute atomic E-state index is 0.301. The number of carboxylic acid groups (broad SMARTS) is 1. The zero-order valence-corrected chi connectivity index (χ0v) is 10.5. The minimum atomic E-state index is -0.898. The average molecular weight is 256 g/mol. The maximum Gasteiger partial charge on any atom is 0.347 e. The van der Waals surface area contributed by atoms with Crippen molar-refractivity contribution in [2.45, 2.75) is 32.4 Å². The molecular weight excluding hydrogens is 240 g/mol. The van der Waals surface area contributed by atoms with Crippen molar-refractivity contribution in [3.8, 4) is 0 Å². The first-order valence-electron chi connectivity index (χ1n) is 5.68. The van der Waals surface area contributed by atoms with E-state index in [9.17, 15) is 4.79 Å². The largest absolute Gasteiger partial charge is 0.477 e. The lowest BCUT2D eigenvalue weighted by Gasteiger charge is -2.09. The lowest BCUT2D eigenvalue weighted by molar-refractivity contribution is 0.0701. The van der Waals surface area contributed by atoms with Gasteiger partial charge in [-0.3, -0.25) is 0 Å². The van der Waals surface area contributed by atoms with Crippen LogP contribution in [0.25, 0.3) is 0 Å². The molecule has 1 unspecified atom stereocenters. The topological polar surface area (TPSA) is 71.5 Å². The Bertz CT molecular complexity index is 399. The van der Waals surface area contributed by atoms with Crippen LogP contribution in [-0.4, -0.2) is 35.3 Å². The van der Waals surface area contributed by atoms with Crippen molar-refractivity contribution < 1.29 is 14.6 Å². The number of thiazole rings is 1. The summed E-state index contributed by atoms with van der Waals surface area (Å²) in [6.45, 7) is 4.00. The smallest absolute Gasteiger partial charge is 0.347 e. The maximum absolute atomic E-state index is 10.8. The van der Waals surface area contributed by atoms with Crippen molar-refractivity contribution in [3.63, 3.8) is 0 Å². The molecule has 1 saturated heterocycles. The van der Waals surface area contributed by atoms with E-state index in [0.717, 1.165) is 31.0 Å². The van der Waals surface area contributed by atoms with E-state index >= 15 is 0 Å². The second-order valence-electron chi connectivity index (χ2n) is 4.09. The van der Waals surface area contributed by atoms with Crippen LogP contribution in [0.4, 0.5) is 0 Å². The van der Waals surface area contributed by atoms with E-state index in [4.69, 9.17) is 9.84 Å². The molecule has 1 aliphatic heterocycles. The molecule has 0 spiro atoms. The molecule has 1 aromatic rings. The fraction of sp³-hybridized carbons (Fsp3) is 0.636. The number of hydrogen-bond donors (Lipinski definition) is 2. The molecule has 17 heavy (non-hydrogen) atoms. The number of nitrogens with zero attached hydrogens (tertiary/aromatic N) is 1. The molecule has 2 heterocycles. The van der Waals surface area contributed by atoms with Crippen LogP contribution in [-0.2, 0) is 11.3 Å². The average Bonchev–Trinajstić information content (AvgIpc) is 2.88. The highest BCUT2D eigenvalue weighted by molar-refractivity contribution is 7.13. The van der Waals surface area contributed by atoms with Crippen LogP contribution >= 0.6 is 11.3 Å². The number of rotatable bonds is 5. The lowest BCUT2D eigenvalue weighted by Crippen LogP contribution is -2.25. The minimum Gasteiger partial charge on any atom is -0.477 e. The summed E-state index contributed by atoms with van der Waals surface area (Å²) in [5, 5.41) is 13.0. The zero-order chi connectivity index (χ0) is 12.3. The van der Waals surface area contributed by atoms with Crippen LogP contribution in [0.5, 0.6) is 0 Å². The van der Waals surface area contributed by atoms with E-state index < -0.39 is 5.97 Å². The normalized spacial score (nSPS) is 19.7. The molecule has 0 bridgehead atoms. The molecule has 5 nitrogen and oxygen atoms in total. The molecule has 0 radical (unpaired) electrons. The van der Waals surface area contributed by atoms with E-state index in [-0.39, 0.29) is 0 Å². The van der Waals surface area contributed by atoms with Crippen LogP contribution in [0.2, 0.25) is 0 Å². The SMILES string of the molecule is Cc1nc(CNCC2CCCO2)sc1C(=O)O. The second kappa shape index (κ2) is 5.57. The summed E-state index contributed by atoms with van der Waals surface area (Å²) in [6.07, 6.45) is 2.53. The summed E-state index contributed by atoms with van der Waals surface area (Å²) in [5.41, 5.74) is 0.594. The monoisotopic (exact) mass is 256 g/mol. The summed E-state index contributed by atoms with van der Waals surface area (Å²) < 4.78 is 5.48. The highest BCUT2D eigenvalue weighted by atomic mass is 32.1. The first kappa shape index (κ1) is 12.5. The van der Waals surface area contributed by atoms with Crippen molar-refractivity contribution in [2.75, 3.05) is 13.2 Å². The number of ether oxygens (including phenoxy) is 1. The molecule has 0 aromatic carbocycles. The van der Waals surface area contributed by atoms with Gasteiger partial charge in [-0.2, -0.15) is 0 Å². The van der Waals surface area contributed by atoms with Crippen molar-refractivity contribution >= 4 is 17.3 Å². The highest BCUT2D eigenvalue weighted by Crippen LogP contribution is 2.18. The molecule has 1 aliphatic rings. The Morgan fingerprint density at radius 3 is 3.12 bits per heavy atom. The molecule has 2 N–H and O–H groups in total. The van der Waals surface area contributed by atoms with Crippen LogP contribution in [0.1, 0.15) is 33.2 Å². The van der Waals surface area contributed by atoms with Gasteiger partial charge in [-0.05, 0) is 19.8 Å². The highest BCUT2D eigenvalue weighted by Gasteiger charge is 2.16. The van der Waals surface area contributed by atoms with Crippen LogP contribution < -0.4 is 5.32 Å². The van der Waals surface area contributed by atoms with Gasteiger partial charge in [0.05, 0.1) is 11.8 Å². The lowest BCUT2D eigenvalue weighted by atomic mass is 10.2. The summed E-state index contributed by atoms with van der Waals surface area (Å²) in [5.74, 6) is -0.898. The van der Waals surface area contributed by atoms with Crippen molar-refractivity contribution in [1.82, 2.24) is 10.3 Å². The Hall–Kier alpha value is -0.980. The second-order valence-corrected chi connectivity index (χ2v) is 5.18. The number of nitrogens with one attached hydrogen (secondary N) is 1. The van der Waals surface area contributed by atoms with E-state index in [2.05, 4.69) is 10.3 Å². The molecule has 6 heteroatoms. The Morgan fingerprint density at radius 2 is 2.53 bits per heavy atom. The van der Waals surface area contributed by atoms with Gasteiger partial charge in [-0.1, -0.05) is 0 Å². The van der Waals surface area contributed by atoms with E-state index in [1.165, 1.54) is 11.3 Å². The van der Waals surface area contributed by atoms with Crippen LogP contribution in [0.15, 0.2) is 0 Å². The summed E-state index contributed by atoms with van der Waals surface area (Å²) in [7, 11) is 0. The predicted molar refractivity (Wildman–Crippen MR) is 64.5 cm³/mol. The van der Waals surface area contributed by atoms with Gasteiger partial charge in [0.15, 0.2) is 0 Å². The van der Waals surface area contributed by atoms with Gasteiger partial charge in [0, 0.05) is 19.7 Å². The maximum atomic E-state index is 10.8. The standard InChI is InChI=1S/C11H16N2O3S/c1-7-10(11(14)15)17-9(13-7)6-12-5-8-3-2-4-16-8/h8,12H,2-6H2,1H3,(H,14,15). The molecule has 1 aromatic heterocycles. The predicted octanol–water partition coefficient (Wildman–Crippen LogP) is 1.42. The van der Waals surface area contributed by atoms with Crippen molar-refractivity contribution in [1.29, 1.82) is 0 Å². The van der Waals surface area contributed by atoms with E-state index in [1.54, 1.807) is 6.92 Å². The molecule has 1 fully saturated rings. The van der Waals surface area contributed by atoms with Gasteiger partial charge in [-0.25, -0.2) is 9.78 Å². The summed E-state index contributed by atoms with van der Waals surface area (Å²) in [6, 6.07) is 0. The molecule has 94 valence electrons. The Kier molecular flexibility index (Phi) is 4.09. The quantitative estimate of drug-likeness (QED) is 0.833. The number of aromatic carboxylic acids is 1. The number of hydrogen-bond acceptors (Lipinski definition) is 5. The summed E-state index contributed by atoms with van der Waals surface area (Å²) in [4.78, 5) is 15.4. The van der Waals surface area contributed by atoms with Gasteiger partial charge in [0.2, 0.25) is 0 Å². The van der Waals surface area contributed by atoms with Crippen molar-refractivity contribution in [3.05, 3.63) is 15.6 Å². The Morgan fingerprint density at radius 1 is 1.71 bits per heavy atom. The third-order valence-corrected chi connectivity index (χ3v) is 3.85. The third kappa shape index (κ3) is 3.24. The van der Waals surface area contributed by atoms with E-state index in [0.29, 0.717) is 23.2 Å². The van der Waals surface area contributed by atoms with Crippen LogP contribution in [0.3, 0.4) is 0 Å². The van der Waals surface area contributed by atoms with E-state index in [1.807, 2.05) is 0 Å². The zero-order valence-electron chi connectivity index (χ0n) is 9.73. The van der Waals surface area contributed by atoms with Gasteiger partial charge < -0.3 is 15.2 Å². The third-order valence-electron chi connectivity index (χ3n) is 2.71. The van der Waals surface area contributed by atoms with Gasteiger partial charge in [-0.15, -0.1) is 11.3 Å². The molecule has 0 amide bonds. The molecule has 1 atom stereocenters. The number of carboxylic acids is 1. The fourth-order valence-corrected chi connectivity index (χ4v) is 2.74. The van der Waals surface area contributed by atoms with Gasteiger partial charge in [0.1, 0.15) is 9.88 Å². The first-order valence-corrected chi connectivity index (χ1v) is 6.50. The Labute approximate surface area is 104 Å². The van der Waals surface area contributed by atoms with Crippen molar-refractivity contribution in [2.24, 2.45) is 0 Å². The number of carbonyl (C=O) groups is 1. The molecule has 0 saturated carbocycles. The fourth-order valence-electron chi connectivity index (χ4n) is 1.87.